The Balaban J connectivity index is 2.39. The van der Waals surface area contributed by atoms with Crippen LogP contribution in [-0.2, 0) is 4.79 Å². The SMILES string of the molecule is CC(C)[C@H](Nc1ccnc2ccncc12)C(=O)O. The van der Waals surface area contributed by atoms with Crippen molar-refractivity contribution >= 4 is 22.6 Å². The molecule has 0 aliphatic rings. The highest BCUT2D eigenvalue weighted by atomic mass is 16.4. The molecular weight excluding hydrogens is 230 g/mol. The van der Waals surface area contributed by atoms with Gasteiger partial charge in [0.25, 0.3) is 0 Å². The van der Waals surface area contributed by atoms with Crippen LogP contribution in [0.5, 0.6) is 0 Å². The molecule has 2 aromatic heterocycles. The zero-order valence-corrected chi connectivity index (χ0v) is 10.3. The van der Waals surface area contributed by atoms with Crippen molar-refractivity contribution in [3.8, 4) is 0 Å². The summed E-state index contributed by atoms with van der Waals surface area (Å²) in [7, 11) is 0. The average molecular weight is 245 g/mol. The third kappa shape index (κ3) is 2.40. The predicted molar refractivity (Wildman–Crippen MR) is 69.4 cm³/mol. The summed E-state index contributed by atoms with van der Waals surface area (Å²) in [6.45, 7) is 3.74. The number of carboxylic acid groups (broad SMARTS) is 1. The summed E-state index contributed by atoms with van der Waals surface area (Å²) >= 11 is 0. The molecule has 1 atom stereocenters. The van der Waals surface area contributed by atoms with Gasteiger partial charge in [0.05, 0.1) is 5.52 Å². The van der Waals surface area contributed by atoms with Crippen LogP contribution in [0.15, 0.2) is 30.7 Å². The van der Waals surface area contributed by atoms with Crippen LogP contribution < -0.4 is 5.32 Å². The second kappa shape index (κ2) is 5.00. The van der Waals surface area contributed by atoms with Gasteiger partial charge in [-0.3, -0.25) is 9.97 Å². The summed E-state index contributed by atoms with van der Waals surface area (Å²) in [6, 6.07) is 2.93. The van der Waals surface area contributed by atoms with E-state index in [1.54, 1.807) is 30.7 Å². The van der Waals surface area contributed by atoms with Gasteiger partial charge < -0.3 is 10.4 Å². The molecule has 0 fully saturated rings. The highest BCUT2D eigenvalue weighted by Crippen LogP contribution is 2.22. The van der Waals surface area contributed by atoms with Gasteiger partial charge in [0.1, 0.15) is 6.04 Å². The first kappa shape index (κ1) is 12.3. The number of nitrogens with one attached hydrogen (secondary N) is 1. The average Bonchev–Trinajstić information content (AvgIpc) is 2.35. The second-order valence-electron chi connectivity index (χ2n) is 4.46. The minimum Gasteiger partial charge on any atom is -0.480 e. The Morgan fingerprint density at radius 1 is 1.33 bits per heavy atom. The summed E-state index contributed by atoms with van der Waals surface area (Å²) in [5, 5.41) is 13.1. The van der Waals surface area contributed by atoms with Crippen LogP contribution in [0.1, 0.15) is 13.8 Å². The number of aromatic nitrogens is 2. The predicted octanol–water partition coefficient (Wildman–Crippen LogP) is 2.15. The van der Waals surface area contributed by atoms with E-state index in [0.29, 0.717) is 0 Å². The Hall–Kier alpha value is -2.17. The molecule has 2 rings (SSSR count). The fourth-order valence-electron chi connectivity index (χ4n) is 1.80. The van der Waals surface area contributed by atoms with Gasteiger partial charge in [0, 0.05) is 29.7 Å². The lowest BCUT2D eigenvalue weighted by Crippen LogP contribution is -2.34. The number of anilines is 1. The Labute approximate surface area is 105 Å². The third-order valence-electron chi connectivity index (χ3n) is 2.79. The fraction of sp³-hybridized carbons (Fsp3) is 0.308. The number of rotatable bonds is 4. The van der Waals surface area contributed by atoms with Gasteiger partial charge in [-0.2, -0.15) is 0 Å². The number of hydrogen-bond donors (Lipinski definition) is 2. The molecule has 0 unspecified atom stereocenters. The number of carboxylic acids is 1. The number of carbonyl (C=O) groups is 1. The van der Waals surface area contributed by atoms with Crippen LogP contribution in [0.25, 0.3) is 10.9 Å². The summed E-state index contributed by atoms with van der Waals surface area (Å²) in [6.07, 6.45) is 5.00. The molecule has 0 spiro atoms. The number of fused-ring (bicyclic) bond motifs is 1. The lowest BCUT2D eigenvalue weighted by atomic mass is 10.0. The minimum atomic E-state index is -0.862. The smallest absolute Gasteiger partial charge is 0.326 e. The van der Waals surface area contributed by atoms with Crippen molar-refractivity contribution in [2.45, 2.75) is 19.9 Å². The molecular formula is C13H15N3O2. The number of aliphatic carboxylic acids is 1. The van der Waals surface area contributed by atoms with Crippen molar-refractivity contribution < 1.29 is 9.90 Å². The van der Waals surface area contributed by atoms with E-state index in [-0.39, 0.29) is 5.92 Å². The van der Waals surface area contributed by atoms with Gasteiger partial charge in [0.15, 0.2) is 0 Å². The summed E-state index contributed by atoms with van der Waals surface area (Å²) in [5.74, 6) is -0.874. The standard InChI is InChI=1S/C13H15N3O2/c1-8(2)12(13(17)18)16-11-4-6-15-10-3-5-14-7-9(10)11/h3-8,12H,1-2H3,(H,15,16)(H,17,18)/t12-/m0/s1. The second-order valence-corrected chi connectivity index (χ2v) is 4.46. The molecule has 0 amide bonds. The first-order chi connectivity index (χ1) is 8.59. The maximum absolute atomic E-state index is 11.2. The molecule has 0 aliphatic heterocycles. The molecule has 0 bridgehead atoms. The van der Waals surface area contributed by atoms with Crippen LogP contribution in [0, 0.1) is 5.92 Å². The van der Waals surface area contributed by atoms with Crippen molar-refractivity contribution in [2.24, 2.45) is 5.92 Å². The van der Waals surface area contributed by atoms with E-state index in [1.165, 1.54) is 0 Å². The molecule has 2 aromatic rings. The van der Waals surface area contributed by atoms with Gasteiger partial charge in [-0.25, -0.2) is 4.79 Å². The molecule has 0 saturated carbocycles. The fourth-order valence-corrected chi connectivity index (χ4v) is 1.80. The summed E-state index contributed by atoms with van der Waals surface area (Å²) in [4.78, 5) is 19.4. The van der Waals surface area contributed by atoms with Crippen LogP contribution in [0.3, 0.4) is 0 Å². The van der Waals surface area contributed by atoms with Crippen molar-refractivity contribution in [3.05, 3.63) is 30.7 Å². The van der Waals surface area contributed by atoms with E-state index in [0.717, 1.165) is 16.6 Å². The highest BCUT2D eigenvalue weighted by Gasteiger charge is 2.21. The summed E-state index contributed by atoms with van der Waals surface area (Å²) < 4.78 is 0. The zero-order chi connectivity index (χ0) is 13.1. The van der Waals surface area contributed by atoms with E-state index in [1.807, 2.05) is 13.8 Å². The molecule has 0 aromatic carbocycles. The van der Waals surface area contributed by atoms with Crippen molar-refractivity contribution in [2.75, 3.05) is 5.32 Å². The van der Waals surface area contributed by atoms with Crippen LogP contribution in [0.2, 0.25) is 0 Å². The number of pyridine rings is 2. The zero-order valence-electron chi connectivity index (χ0n) is 10.3. The first-order valence-electron chi connectivity index (χ1n) is 5.77. The Bertz CT molecular complexity index is 564. The largest absolute Gasteiger partial charge is 0.480 e. The molecule has 0 aliphatic carbocycles. The maximum Gasteiger partial charge on any atom is 0.326 e. The molecule has 2 N–H and O–H groups in total. The first-order valence-corrected chi connectivity index (χ1v) is 5.77. The normalized spacial score (nSPS) is 12.6. The van der Waals surface area contributed by atoms with Gasteiger partial charge >= 0.3 is 5.97 Å². The van der Waals surface area contributed by atoms with Crippen molar-refractivity contribution in [1.29, 1.82) is 0 Å². The van der Waals surface area contributed by atoms with E-state index >= 15 is 0 Å². The Morgan fingerprint density at radius 2 is 2.11 bits per heavy atom. The topological polar surface area (TPSA) is 75.1 Å². The Morgan fingerprint density at radius 3 is 2.78 bits per heavy atom. The lowest BCUT2D eigenvalue weighted by molar-refractivity contribution is -0.138. The van der Waals surface area contributed by atoms with E-state index < -0.39 is 12.0 Å². The molecule has 18 heavy (non-hydrogen) atoms. The maximum atomic E-state index is 11.2. The highest BCUT2D eigenvalue weighted by molar-refractivity contribution is 5.92. The van der Waals surface area contributed by atoms with Crippen molar-refractivity contribution in [1.82, 2.24) is 9.97 Å². The van der Waals surface area contributed by atoms with E-state index in [4.69, 9.17) is 0 Å². The van der Waals surface area contributed by atoms with Gasteiger partial charge in [-0.15, -0.1) is 0 Å². The molecule has 0 saturated heterocycles. The van der Waals surface area contributed by atoms with Gasteiger partial charge in [-0.1, -0.05) is 13.8 Å². The molecule has 5 nitrogen and oxygen atoms in total. The Kier molecular flexibility index (Phi) is 3.41. The summed E-state index contributed by atoms with van der Waals surface area (Å²) in [5.41, 5.74) is 1.54. The quantitative estimate of drug-likeness (QED) is 0.863. The molecule has 94 valence electrons. The van der Waals surface area contributed by atoms with Gasteiger partial charge in [-0.05, 0) is 18.1 Å². The number of hydrogen-bond acceptors (Lipinski definition) is 4. The van der Waals surface area contributed by atoms with E-state index in [9.17, 15) is 9.90 Å². The van der Waals surface area contributed by atoms with E-state index in [2.05, 4.69) is 15.3 Å². The van der Waals surface area contributed by atoms with Crippen LogP contribution >= 0.6 is 0 Å². The number of nitrogens with zero attached hydrogens (tertiary/aromatic N) is 2. The van der Waals surface area contributed by atoms with Crippen LogP contribution in [0.4, 0.5) is 5.69 Å². The molecule has 0 radical (unpaired) electrons. The monoisotopic (exact) mass is 245 g/mol. The van der Waals surface area contributed by atoms with Crippen LogP contribution in [-0.4, -0.2) is 27.1 Å². The third-order valence-corrected chi connectivity index (χ3v) is 2.79. The van der Waals surface area contributed by atoms with Crippen molar-refractivity contribution in [3.63, 3.8) is 0 Å². The molecule has 5 heteroatoms. The minimum absolute atomic E-state index is 0.0117. The molecule has 2 heterocycles. The van der Waals surface area contributed by atoms with Gasteiger partial charge in [0.2, 0.25) is 0 Å². The lowest BCUT2D eigenvalue weighted by Gasteiger charge is -2.19.